The van der Waals surface area contributed by atoms with Gasteiger partial charge in [-0.25, -0.2) is 9.67 Å². The summed E-state index contributed by atoms with van der Waals surface area (Å²) >= 11 is 0. The summed E-state index contributed by atoms with van der Waals surface area (Å²) in [6, 6.07) is 12.6. The topological polar surface area (TPSA) is 108 Å². The number of rotatable bonds is 4. The van der Waals surface area contributed by atoms with Crippen molar-refractivity contribution in [3.63, 3.8) is 0 Å². The van der Waals surface area contributed by atoms with Gasteiger partial charge in [0.2, 0.25) is 5.91 Å². The molecular weight excluding hydrogens is 346 g/mol. The van der Waals surface area contributed by atoms with Crippen LogP contribution in [0.1, 0.15) is 5.56 Å². The molecule has 27 heavy (non-hydrogen) atoms. The number of nitrogens with zero attached hydrogens (tertiary/aromatic N) is 6. The Kier molecular flexibility index (Phi) is 4.17. The summed E-state index contributed by atoms with van der Waals surface area (Å²) in [5.41, 5.74) is 3.28. The van der Waals surface area contributed by atoms with E-state index in [0.717, 1.165) is 11.3 Å². The minimum Gasteiger partial charge on any atom is -0.325 e. The van der Waals surface area contributed by atoms with Gasteiger partial charge in [-0.3, -0.25) is 14.2 Å². The molecule has 0 radical (unpaired) electrons. The lowest BCUT2D eigenvalue weighted by molar-refractivity contribution is -0.116. The number of hydrogen-bond acceptors (Lipinski definition) is 6. The zero-order valence-corrected chi connectivity index (χ0v) is 14.4. The van der Waals surface area contributed by atoms with E-state index in [1.807, 2.05) is 25.1 Å². The van der Waals surface area contributed by atoms with E-state index in [4.69, 9.17) is 0 Å². The molecule has 0 atom stereocenters. The summed E-state index contributed by atoms with van der Waals surface area (Å²) in [4.78, 5) is 28.7. The van der Waals surface area contributed by atoms with E-state index in [1.54, 1.807) is 28.9 Å². The predicted octanol–water partition coefficient (Wildman–Crippen LogP) is 1.32. The van der Waals surface area contributed by atoms with Crippen LogP contribution in [-0.4, -0.2) is 35.7 Å². The number of tetrazole rings is 1. The van der Waals surface area contributed by atoms with Crippen molar-refractivity contribution in [3.8, 4) is 5.69 Å². The van der Waals surface area contributed by atoms with Gasteiger partial charge in [0.25, 0.3) is 5.56 Å². The molecule has 0 saturated carbocycles. The number of nitrogens with one attached hydrogen (secondary N) is 1. The van der Waals surface area contributed by atoms with E-state index in [0.29, 0.717) is 16.7 Å². The highest BCUT2D eigenvalue weighted by atomic mass is 16.2. The van der Waals surface area contributed by atoms with Crippen molar-refractivity contribution in [2.75, 3.05) is 5.32 Å². The van der Waals surface area contributed by atoms with Gasteiger partial charge in [-0.1, -0.05) is 12.1 Å². The number of para-hydroxylation sites is 2. The molecule has 1 N–H and O–H groups in total. The molecule has 0 aliphatic heterocycles. The van der Waals surface area contributed by atoms with Crippen molar-refractivity contribution in [2.45, 2.75) is 13.5 Å². The lowest BCUT2D eigenvalue weighted by Gasteiger charge is -2.11. The molecular formula is C18H15N7O2. The second kappa shape index (κ2) is 6.79. The zero-order valence-electron chi connectivity index (χ0n) is 14.4. The van der Waals surface area contributed by atoms with Crippen molar-refractivity contribution < 1.29 is 4.79 Å². The Morgan fingerprint density at radius 2 is 2.04 bits per heavy atom. The molecule has 0 fully saturated rings. The molecule has 0 aliphatic rings. The minimum absolute atomic E-state index is 0.102. The molecule has 2 aromatic heterocycles. The number of aryl methyl sites for hydroxylation is 1. The molecule has 9 heteroatoms. The fraction of sp³-hybridized carbons (Fsp3) is 0.111. The molecule has 134 valence electrons. The predicted molar refractivity (Wildman–Crippen MR) is 98.5 cm³/mol. The molecule has 9 nitrogen and oxygen atoms in total. The lowest BCUT2D eigenvalue weighted by Crippen LogP contribution is -2.28. The smallest absolute Gasteiger partial charge is 0.269 e. The molecule has 0 spiro atoms. The number of amides is 1. The number of anilines is 1. The molecule has 4 rings (SSSR count). The van der Waals surface area contributed by atoms with Crippen LogP contribution in [0.2, 0.25) is 0 Å². The Morgan fingerprint density at radius 3 is 2.81 bits per heavy atom. The second-order valence-corrected chi connectivity index (χ2v) is 5.98. The molecule has 0 saturated heterocycles. The molecule has 0 bridgehead atoms. The van der Waals surface area contributed by atoms with Gasteiger partial charge >= 0.3 is 0 Å². The number of benzene rings is 2. The summed E-state index contributed by atoms with van der Waals surface area (Å²) in [7, 11) is 0. The third-order valence-electron chi connectivity index (χ3n) is 4.13. The third kappa shape index (κ3) is 3.30. The van der Waals surface area contributed by atoms with E-state index in [2.05, 4.69) is 25.8 Å². The van der Waals surface area contributed by atoms with Gasteiger partial charge in [0, 0.05) is 5.69 Å². The summed E-state index contributed by atoms with van der Waals surface area (Å²) in [5.74, 6) is -0.303. The first-order chi connectivity index (χ1) is 13.1. The number of carbonyl (C=O) groups excluding carboxylic acids is 1. The molecule has 1 amide bonds. The Balaban J connectivity index is 1.56. The lowest BCUT2D eigenvalue weighted by atomic mass is 10.2. The van der Waals surface area contributed by atoms with Gasteiger partial charge < -0.3 is 5.32 Å². The van der Waals surface area contributed by atoms with Crippen molar-refractivity contribution in [1.29, 1.82) is 0 Å². The van der Waals surface area contributed by atoms with Crippen LogP contribution in [0.4, 0.5) is 5.69 Å². The third-order valence-corrected chi connectivity index (χ3v) is 4.13. The van der Waals surface area contributed by atoms with Crippen LogP contribution in [-0.2, 0) is 11.3 Å². The Morgan fingerprint density at radius 1 is 1.19 bits per heavy atom. The van der Waals surface area contributed by atoms with E-state index in [-0.39, 0.29) is 18.0 Å². The van der Waals surface area contributed by atoms with Gasteiger partial charge in [-0.2, -0.15) is 0 Å². The fourth-order valence-electron chi connectivity index (χ4n) is 2.88. The molecule has 0 unspecified atom stereocenters. The molecule has 2 heterocycles. The van der Waals surface area contributed by atoms with Gasteiger partial charge in [-0.15, -0.1) is 5.10 Å². The number of fused-ring (bicyclic) bond motifs is 1. The Labute approximate surface area is 153 Å². The van der Waals surface area contributed by atoms with E-state index < -0.39 is 0 Å². The maximum atomic E-state index is 12.5. The first-order valence-corrected chi connectivity index (χ1v) is 8.20. The average Bonchev–Trinajstić information content (AvgIpc) is 3.18. The summed E-state index contributed by atoms with van der Waals surface area (Å²) in [5, 5.41) is 13.9. The largest absolute Gasteiger partial charge is 0.325 e. The van der Waals surface area contributed by atoms with E-state index >= 15 is 0 Å². The molecule has 4 aromatic rings. The number of carbonyl (C=O) groups is 1. The summed E-state index contributed by atoms with van der Waals surface area (Å²) in [6.07, 6.45) is 2.72. The van der Waals surface area contributed by atoms with Gasteiger partial charge in [-0.05, 0) is 53.2 Å². The van der Waals surface area contributed by atoms with Crippen LogP contribution in [0.5, 0.6) is 0 Å². The Bertz CT molecular complexity index is 1180. The summed E-state index contributed by atoms with van der Waals surface area (Å²) < 4.78 is 2.95. The number of aromatic nitrogens is 6. The maximum absolute atomic E-state index is 12.5. The van der Waals surface area contributed by atoms with E-state index in [1.165, 1.54) is 17.1 Å². The van der Waals surface area contributed by atoms with Crippen LogP contribution in [0, 0.1) is 6.92 Å². The van der Waals surface area contributed by atoms with Crippen LogP contribution in [0.15, 0.2) is 59.8 Å². The first kappa shape index (κ1) is 16.6. The van der Waals surface area contributed by atoms with Crippen LogP contribution in [0.3, 0.4) is 0 Å². The molecule has 0 aliphatic carbocycles. The fourth-order valence-corrected chi connectivity index (χ4v) is 2.88. The zero-order chi connectivity index (χ0) is 18.8. The highest BCUT2D eigenvalue weighted by Gasteiger charge is 2.10. The van der Waals surface area contributed by atoms with Crippen molar-refractivity contribution in [1.82, 2.24) is 29.8 Å². The quantitative estimate of drug-likeness (QED) is 0.587. The van der Waals surface area contributed by atoms with Crippen molar-refractivity contribution in [2.24, 2.45) is 0 Å². The maximum Gasteiger partial charge on any atom is 0.269 e. The highest BCUT2D eigenvalue weighted by Crippen LogP contribution is 2.18. The van der Waals surface area contributed by atoms with E-state index in [9.17, 15) is 9.59 Å². The Hall–Kier alpha value is -3.88. The van der Waals surface area contributed by atoms with Gasteiger partial charge in [0.1, 0.15) is 12.9 Å². The number of hydrogen-bond donors (Lipinski definition) is 1. The minimum atomic E-state index is -0.325. The average molecular weight is 361 g/mol. The molecule has 2 aromatic carbocycles. The van der Waals surface area contributed by atoms with Crippen LogP contribution in [0.25, 0.3) is 16.7 Å². The van der Waals surface area contributed by atoms with Gasteiger partial charge in [0.05, 0.1) is 22.9 Å². The second-order valence-electron chi connectivity index (χ2n) is 5.98. The van der Waals surface area contributed by atoms with Crippen molar-refractivity contribution in [3.05, 3.63) is 70.9 Å². The summed E-state index contributed by atoms with van der Waals surface area (Å²) in [6.45, 7) is 1.79. The normalized spacial score (nSPS) is 10.9. The monoisotopic (exact) mass is 361 g/mol. The van der Waals surface area contributed by atoms with Crippen LogP contribution < -0.4 is 10.9 Å². The van der Waals surface area contributed by atoms with Gasteiger partial charge in [0.15, 0.2) is 0 Å². The van der Waals surface area contributed by atoms with Crippen LogP contribution >= 0.6 is 0 Å². The van der Waals surface area contributed by atoms with Crippen molar-refractivity contribution >= 4 is 22.6 Å². The standard InChI is InChI=1S/C18H15N7O2/c1-12-8-13(6-7-15(12)25-11-20-22-23-25)21-17(26)10-24-16-5-3-2-4-14(16)19-9-18(24)27/h2-9,11H,10H2,1H3,(H,21,26). The first-order valence-electron chi connectivity index (χ1n) is 8.20. The highest BCUT2D eigenvalue weighted by molar-refractivity contribution is 5.91. The SMILES string of the molecule is Cc1cc(NC(=O)Cn2c(=O)cnc3ccccc32)ccc1-n1cnnn1.